The van der Waals surface area contributed by atoms with Gasteiger partial charge in [0.15, 0.2) is 0 Å². The summed E-state index contributed by atoms with van der Waals surface area (Å²) in [5.41, 5.74) is 1.75. The van der Waals surface area contributed by atoms with E-state index in [2.05, 4.69) is 9.97 Å². The summed E-state index contributed by atoms with van der Waals surface area (Å²) in [7, 11) is 0. The highest BCUT2D eigenvalue weighted by Gasteiger charge is 2.08. The second-order valence-electron chi connectivity index (χ2n) is 2.90. The minimum Gasteiger partial charge on any atom is -0.391 e. The fourth-order valence-electron chi connectivity index (χ4n) is 1.17. The number of hydrogen-bond acceptors (Lipinski definition) is 4. The molecular formula is C10H10N2OS. The van der Waals surface area contributed by atoms with Crippen molar-refractivity contribution in [2.45, 2.75) is 13.5 Å². The SMILES string of the molecule is Cc1nc(-c2ccccn2)sc1CO. The summed E-state index contributed by atoms with van der Waals surface area (Å²) < 4.78 is 0. The van der Waals surface area contributed by atoms with E-state index in [1.54, 1.807) is 6.20 Å². The van der Waals surface area contributed by atoms with Crippen LogP contribution in [0.25, 0.3) is 10.7 Å². The van der Waals surface area contributed by atoms with Gasteiger partial charge in [-0.1, -0.05) is 6.07 Å². The van der Waals surface area contributed by atoms with E-state index in [4.69, 9.17) is 5.11 Å². The molecule has 0 fully saturated rings. The van der Waals surface area contributed by atoms with Crippen molar-refractivity contribution in [3.8, 4) is 10.7 Å². The average molecular weight is 206 g/mol. The van der Waals surface area contributed by atoms with Gasteiger partial charge in [0.2, 0.25) is 0 Å². The molecule has 0 aliphatic carbocycles. The third kappa shape index (κ3) is 1.66. The Balaban J connectivity index is 2.43. The lowest BCUT2D eigenvalue weighted by atomic mass is 10.3. The standard InChI is InChI=1S/C10H10N2OS/c1-7-9(6-13)14-10(12-7)8-4-2-3-5-11-8/h2-5,13H,6H2,1H3. The highest BCUT2D eigenvalue weighted by molar-refractivity contribution is 7.15. The van der Waals surface area contributed by atoms with Gasteiger partial charge in [-0.25, -0.2) is 4.98 Å². The van der Waals surface area contributed by atoms with Crippen LogP contribution in [-0.4, -0.2) is 15.1 Å². The molecule has 2 aromatic heterocycles. The topological polar surface area (TPSA) is 46.0 Å². The van der Waals surface area contributed by atoms with Crippen LogP contribution in [-0.2, 0) is 6.61 Å². The first-order chi connectivity index (χ1) is 6.81. The minimum absolute atomic E-state index is 0.0519. The maximum Gasteiger partial charge on any atom is 0.142 e. The van der Waals surface area contributed by atoms with E-state index in [9.17, 15) is 0 Å². The van der Waals surface area contributed by atoms with Crippen LogP contribution in [0, 0.1) is 6.92 Å². The van der Waals surface area contributed by atoms with E-state index in [1.165, 1.54) is 11.3 Å². The van der Waals surface area contributed by atoms with Crippen LogP contribution in [0.15, 0.2) is 24.4 Å². The van der Waals surface area contributed by atoms with Gasteiger partial charge in [0.1, 0.15) is 5.01 Å². The van der Waals surface area contributed by atoms with Crippen LogP contribution < -0.4 is 0 Å². The highest BCUT2D eigenvalue weighted by atomic mass is 32.1. The van der Waals surface area contributed by atoms with Crippen LogP contribution in [0.1, 0.15) is 10.6 Å². The monoisotopic (exact) mass is 206 g/mol. The molecule has 3 nitrogen and oxygen atoms in total. The van der Waals surface area contributed by atoms with E-state index in [0.29, 0.717) is 0 Å². The molecule has 0 amide bonds. The van der Waals surface area contributed by atoms with Crippen molar-refractivity contribution in [3.05, 3.63) is 35.0 Å². The van der Waals surface area contributed by atoms with Gasteiger partial charge in [-0.3, -0.25) is 4.98 Å². The van der Waals surface area contributed by atoms with Crippen LogP contribution in [0.2, 0.25) is 0 Å². The molecular weight excluding hydrogens is 196 g/mol. The number of hydrogen-bond donors (Lipinski definition) is 1. The molecule has 2 aromatic rings. The first-order valence-corrected chi connectivity index (χ1v) is 5.11. The van der Waals surface area contributed by atoms with Gasteiger partial charge in [0, 0.05) is 6.20 Å². The summed E-state index contributed by atoms with van der Waals surface area (Å²) in [6.07, 6.45) is 1.74. The first-order valence-electron chi connectivity index (χ1n) is 4.30. The molecule has 72 valence electrons. The van der Waals surface area contributed by atoms with Crippen molar-refractivity contribution < 1.29 is 5.11 Å². The number of aryl methyl sites for hydroxylation is 1. The smallest absolute Gasteiger partial charge is 0.142 e. The number of aromatic nitrogens is 2. The second-order valence-corrected chi connectivity index (χ2v) is 3.98. The number of pyridine rings is 1. The van der Waals surface area contributed by atoms with Gasteiger partial charge >= 0.3 is 0 Å². The number of rotatable bonds is 2. The number of aliphatic hydroxyl groups excluding tert-OH is 1. The maximum atomic E-state index is 9.03. The van der Waals surface area contributed by atoms with E-state index in [-0.39, 0.29) is 6.61 Å². The molecule has 0 saturated heterocycles. The summed E-state index contributed by atoms with van der Waals surface area (Å²) in [6.45, 7) is 1.95. The normalized spacial score (nSPS) is 10.4. The minimum atomic E-state index is 0.0519. The van der Waals surface area contributed by atoms with E-state index >= 15 is 0 Å². The largest absolute Gasteiger partial charge is 0.391 e. The molecule has 2 heterocycles. The molecule has 0 spiro atoms. The lowest BCUT2D eigenvalue weighted by Crippen LogP contribution is -1.81. The quantitative estimate of drug-likeness (QED) is 0.817. The van der Waals surface area contributed by atoms with Crippen LogP contribution in [0.4, 0.5) is 0 Å². The predicted octanol–water partition coefficient (Wildman–Crippen LogP) is 2.01. The predicted molar refractivity (Wildman–Crippen MR) is 56.0 cm³/mol. The zero-order valence-electron chi connectivity index (χ0n) is 7.77. The Kier molecular flexibility index (Phi) is 2.56. The van der Waals surface area contributed by atoms with Crippen molar-refractivity contribution in [2.75, 3.05) is 0 Å². The van der Waals surface area contributed by atoms with Gasteiger partial charge in [-0.05, 0) is 19.1 Å². The molecule has 1 N–H and O–H groups in total. The molecule has 4 heteroatoms. The summed E-state index contributed by atoms with van der Waals surface area (Å²) in [5.74, 6) is 0. The van der Waals surface area contributed by atoms with E-state index < -0.39 is 0 Å². The van der Waals surface area contributed by atoms with Crippen molar-refractivity contribution in [1.29, 1.82) is 0 Å². The van der Waals surface area contributed by atoms with Crippen molar-refractivity contribution >= 4 is 11.3 Å². The van der Waals surface area contributed by atoms with Crippen molar-refractivity contribution in [3.63, 3.8) is 0 Å². The number of nitrogens with zero attached hydrogens (tertiary/aromatic N) is 2. The third-order valence-corrected chi connectivity index (χ3v) is 3.08. The zero-order chi connectivity index (χ0) is 9.97. The van der Waals surface area contributed by atoms with Gasteiger partial charge in [-0.2, -0.15) is 0 Å². The molecule has 0 saturated carbocycles. The fraction of sp³-hybridized carbons (Fsp3) is 0.200. The Morgan fingerprint density at radius 1 is 1.43 bits per heavy atom. The Bertz CT molecular complexity index is 425. The van der Waals surface area contributed by atoms with Crippen LogP contribution >= 0.6 is 11.3 Å². The molecule has 0 atom stereocenters. The van der Waals surface area contributed by atoms with Crippen molar-refractivity contribution in [1.82, 2.24) is 9.97 Å². The Labute approximate surface area is 86.1 Å². The Morgan fingerprint density at radius 2 is 2.29 bits per heavy atom. The fourth-order valence-corrected chi connectivity index (χ4v) is 2.07. The highest BCUT2D eigenvalue weighted by Crippen LogP contribution is 2.25. The van der Waals surface area contributed by atoms with Crippen LogP contribution in [0.3, 0.4) is 0 Å². The lowest BCUT2D eigenvalue weighted by molar-refractivity contribution is 0.284. The maximum absolute atomic E-state index is 9.03. The van der Waals surface area contributed by atoms with Gasteiger partial charge in [0.25, 0.3) is 0 Å². The van der Waals surface area contributed by atoms with Crippen LogP contribution in [0.5, 0.6) is 0 Å². The summed E-state index contributed by atoms with van der Waals surface area (Å²) in [6, 6.07) is 5.72. The molecule has 14 heavy (non-hydrogen) atoms. The van der Waals surface area contributed by atoms with E-state index in [0.717, 1.165) is 21.3 Å². The molecule has 2 rings (SSSR count). The molecule has 0 aliphatic rings. The Hall–Kier alpha value is -1.26. The van der Waals surface area contributed by atoms with Crippen molar-refractivity contribution in [2.24, 2.45) is 0 Å². The second kappa shape index (κ2) is 3.86. The van der Waals surface area contributed by atoms with Gasteiger partial charge < -0.3 is 5.11 Å². The molecule has 0 aliphatic heterocycles. The Morgan fingerprint density at radius 3 is 2.86 bits per heavy atom. The van der Waals surface area contributed by atoms with E-state index in [1.807, 2.05) is 25.1 Å². The molecule has 0 aromatic carbocycles. The lowest BCUT2D eigenvalue weighted by Gasteiger charge is -1.91. The third-order valence-electron chi connectivity index (χ3n) is 1.92. The number of aliphatic hydroxyl groups is 1. The molecule has 0 unspecified atom stereocenters. The van der Waals surface area contributed by atoms with Gasteiger partial charge in [0.05, 0.1) is 22.9 Å². The zero-order valence-corrected chi connectivity index (χ0v) is 8.58. The number of thiazole rings is 1. The molecule has 0 bridgehead atoms. The summed E-state index contributed by atoms with van der Waals surface area (Å²) in [5, 5.41) is 9.90. The summed E-state index contributed by atoms with van der Waals surface area (Å²) in [4.78, 5) is 9.46. The molecule has 0 radical (unpaired) electrons. The average Bonchev–Trinajstić information content (AvgIpc) is 2.61. The summed E-state index contributed by atoms with van der Waals surface area (Å²) >= 11 is 1.49. The van der Waals surface area contributed by atoms with Gasteiger partial charge in [-0.15, -0.1) is 11.3 Å². The first kappa shape index (κ1) is 9.30.